The number of fused-ring (bicyclic) bond motifs is 1. The van der Waals surface area contributed by atoms with Gasteiger partial charge < -0.3 is 15.0 Å². The van der Waals surface area contributed by atoms with Gasteiger partial charge in [0.25, 0.3) is 21.8 Å². The van der Waals surface area contributed by atoms with Crippen molar-refractivity contribution in [3.05, 3.63) is 54.1 Å². The molecule has 1 N–H and O–H groups in total. The molecule has 2 amide bonds. The Labute approximate surface area is 168 Å². The van der Waals surface area contributed by atoms with Gasteiger partial charge in [0.2, 0.25) is 0 Å². The number of sulfonamides is 1. The maximum atomic E-state index is 13.1. The zero-order valence-corrected chi connectivity index (χ0v) is 17.0. The molecular weight excluding hydrogens is 398 g/mol. The van der Waals surface area contributed by atoms with Crippen LogP contribution < -0.4 is 15.0 Å². The third kappa shape index (κ3) is 3.95. The average molecular weight is 419 g/mol. The number of hydroxylamine groups is 1. The highest BCUT2D eigenvalue weighted by Gasteiger charge is 2.34. The van der Waals surface area contributed by atoms with Gasteiger partial charge in [-0.15, -0.1) is 0 Å². The molecule has 0 radical (unpaired) electrons. The molecule has 2 aromatic rings. The second-order valence-corrected chi connectivity index (χ2v) is 8.16. The van der Waals surface area contributed by atoms with Crippen LogP contribution in [0.4, 0.5) is 5.69 Å². The summed E-state index contributed by atoms with van der Waals surface area (Å²) in [6.45, 7) is 0.0297. The number of rotatable bonds is 5. The molecule has 0 saturated heterocycles. The fourth-order valence-corrected chi connectivity index (χ4v) is 3.87. The van der Waals surface area contributed by atoms with E-state index in [1.54, 1.807) is 24.3 Å². The largest absolute Gasteiger partial charge is 0.477 e. The first-order valence-corrected chi connectivity index (χ1v) is 10.2. The molecule has 0 spiro atoms. The summed E-state index contributed by atoms with van der Waals surface area (Å²) in [6, 6.07) is 12.4. The molecule has 9 nitrogen and oxygen atoms in total. The molecule has 2 aromatic carbocycles. The summed E-state index contributed by atoms with van der Waals surface area (Å²) >= 11 is 0. The molecule has 1 atom stereocenters. The number of nitrogens with one attached hydrogen (secondary N) is 1. The molecule has 0 aromatic heterocycles. The van der Waals surface area contributed by atoms with Crippen LogP contribution in [0, 0.1) is 0 Å². The van der Waals surface area contributed by atoms with Gasteiger partial charge in [0.05, 0.1) is 24.2 Å². The Bertz CT molecular complexity index is 1020. The standard InChI is InChI=1S/C19H21N3O6S/c1-20-18(23)17-12-22(15-6-4-5-7-16(15)28-17)19(24)13-8-10-14(11-9-13)29(25,26)21(2)27-3/h4-11,17H,12H2,1-3H3,(H,20,23)/t17-/m1/s1. The summed E-state index contributed by atoms with van der Waals surface area (Å²) < 4.78 is 31.0. The van der Waals surface area contributed by atoms with Crippen LogP contribution in [0.15, 0.2) is 53.4 Å². The van der Waals surface area contributed by atoms with Crippen LogP contribution in [0.25, 0.3) is 0 Å². The van der Waals surface area contributed by atoms with Gasteiger partial charge in [-0.05, 0) is 36.4 Å². The lowest BCUT2D eigenvalue weighted by molar-refractivity contribution is -0.127. The number of ether oxygens (including phenoxy) is 1. The number of nitrogens with zero attached hydrogens (tertiary/aromatic N) is 2. The minimum Gasteiger partial charge on any atom is -0.477 e. The van der Waals surface area contributed by atoms with E-state index in [-0.39, 0.29) is 28.8 Å². The normalized spacial score (nSPS) is 16.1. The highest BCUT2D eigenvalue weighted by molar-refractivity contribution is 7.89. The van der Waals surface area contributed by atoms with Gasteiger partial charge in [-0.3, -0.25) is 14.4 Å². The molecule has 0 aliphatic carbocycles. The monoisotopic (exact) mass is 419 g/mol. The second-order valence-electron chi connectivity index (χ2n) is 6.23. The highest BCUT2D eigenvalue weighted by atomic mass is 32.2. The first kappa shape index (κ1) is 20.8. The van der Waals surface area contributed by atoms with Crippen molar-refractivity contribution in [3.63, 3.8) is 0 Å². The number of hydrogen-bond donors (Lipinski definition) is 1. The van der Waals surface area contributed by atoms with E-state index in [0.29, 0.717) is 11.4 Å². The van der Waals surface area contributed by atoms with Crippen LogP contribution in [-0.4, -0.2) is 58.6 Å². The van der Waals surface area contributed by atoms with Crippen molar-refractivity contribution in [2.45, 2.75) is 11.0 Å². The number of hydrogen-bond acceptors (Lipinski definition) is 6. The molecular formula is C19H21N3O6S. The quantitative estimate of drug-likeness (QED) is 0.726. The Morgan fingerprint density at radius 2 is 1.83 bits per heavy atom. The number of carbonyl (C=O) groups is 2. The minimum absolute atomic E-state index is 0.0102. The number of carbonyl (C=O) groups excluding carboxylic acids is 2. The van der Waals surface area contributed by atoms with Crippen LogP contribution in [0.1, 0.15) is 10.4 Å². The molecule has 3 rings (SSSR count). The number of benzene rings is 2. The minimum atomic E-state index is -3.82. The van der Waals surface area contributed by atoms with Crippen molar-refractivity contribution in [2.75, 3.05) is 32.6 Å². The average Bonchev–Trinajstić information content (AvgIpc) is 2.76. The van der Waals surface area contributed by atoms with Crippen molar-refractivity contribution in [1.82, 2.24) is 9.79 Å². The smallest absolute Gasteiger partial charge is 0.264 e. The summed E-state index contributed by atoms with van der Waals surface area (Å²) in [4.78, 5) is 31.4. The third-order valence-electron chi connectivity index (χ3n) is 4.55. The summed E-state index contributed by atoms with van der Waals surface area (Å²) in [5.41, 5.74) is 0.810. The van der Waals surface area contributed by atoms with Gasteiger partial charge in [0.15, 0.2) is 6.10 Å². The van der Waals surface area contributed by atoms with Gasteiger partial charge in [0, 0.05) is 19.7 Å². The van der Waals surface area contributed by atoms with E-state index in [4.69, 9.17) is 9.57 Å². The predicted molar refractivity (Wildman–Crippen MR) is 105 cm³/mol. The van der Waals surface area contributed by atoms with Crippen molar-refractivity contribution < 1.29 is 27.6 Å². The molecule has 0 fully saturated rings. The predicted octanol–water partition coefficient (Wildman–Crippen LogP) is 1.02. The summed E-state index contributed by atoms with van der Waals surface area (Å²) in [5.74, 6) is -0.304. The molecule has 1 heterocycles. The van der Waals surface area contributed by atoms with Crippen molar-refractivity contribution in [2.24, 2.45) is 0 Å². The lowest BCUT2D eigenvalue weighted by atomic mass is 10.1. The lowest BCUT2D eigenvalue weighted by Crippen LogP contribution is -2.50. The molecule has 0 bridgehead atoms. The van der Waals surface area contributed by atoms with E-state index in [2.05, 4.69) is 5.32 Å². The van der Waals surface area contributed by atoms with Gasteiger partial charge >= 0.3 is 0 Å². The van der Waals surface area contributed by atoms with Crippen LogP contribution in [0.3, 0.4) is 0 Å². The topological polar surface area (TPSA) is 105 Å². The maximum absolute atomic E-state index is 13.1. The van der Waals surface area contributed by atoms with E-state index < -0.39 is 16.1 Å². The third-order valence-corrected chi connectivity index (χ3v) is 6.25. The molecule has 0 saturated carbocycles. The van der Waals surface area contributed by atoms with Crippen LogP contribution in [-0.2, 0) is 19.7 Å². The first-order chi connectivity index (χ1) is 13.8. The Balaban J connectivity index is 1.92. The molecule has 1 aliphatic rings. The van der Waals surface area contributed by atoms with Crippen molar-refractivity contribution >= 4 is 27.5 Å². The summed E-state index contributed by atoms with van der Waals surface area (Å²) in [5, 5.41) is 2.52. The zero-order valence-electron chi connectivity index (χ0n) is 16.2. The molecule has 0 unspecified atom stereocenters. The van der Waals surface area contributed by atoms with Crippen LogP contribution in [0.5, 0.6) is 5.75 Å². The molecule has 29 heavy (non-hydrogen) atoms. The SMILES string of the molecule is CNC(=O)[C@H]1CN(C(=O)c2ccc(S(=O)(=O)N(C)OC)cc2)c2ccccc2O1. The molecule has 10 heteroatoms. The van der Waals surface area contributed by atoms with Gasteiger partial charge in [-0.2, -0.15) is 0 Å². The van der Waals surface area contributed by atoms with E-state index >= 15 is 0 Å². The fraction of sp³-hybridized carbons (Fsp3) is 0.263. The Hall–Kier alpha value is -2.95. The number of likely N-dealkylation sites (N-methyl/N-ethyl adjacent to an activating group) is 1. The van der Waals surface area contributed by atoms with Gasteiger partial charge in [-0.1, -0.05) is 16.6 Å². The number of amides is 2. The fourth-order valence-electron chi connectivity index (χ4n) is 2.90. The summed E-state index contributed by atoms with van der Waals surface area (Å²) in [7, 11) is 0.199. The van der Waals surface area contributed by atoms with Crippen molar-refractivity contribution in [1.29, 1.82) is 0 Å². The Morgan fingerprint density at radius 1 is 1.17 bits per heavy atom. The maximum Gasteiger partial charge on any atom is 0.264 e. The number of anilines is 1. The van der Waals surface area contributed by atoms with Crippen LogP contribution in [0.2, 0.25) is 0 Å². The molecule has 154 valence electrons. The molecule has 1 aliphatic heterocycles. The van der Waals surface area contributed by atoms with Gasteiger partial charge in [0.1, 0.15) is 5.75 Å². The van der Waals surface area contributed by atoms with Gasteiger partial charge in [-0.25, -0.2) is 8.42 Å². The van der Waals surface area contributed by atoms with E-state index in [0.717, 1.165) is 4.47 Å². The highest BCUT2D eigenvalue weighted by Crippen LogP contribution is 2.34. The van der Waals surface area contributed by atoms with Crippen LogP contribution >= 0.6 is 0 Å². The van der Waals surface area contributed by atoms with E-state index in [1.807, 2.05) is 0 Å². The van der Waals surface area contributed by atoms with Crippen molar-refractivity contribution in [3.8, 4) is 5.75 Å². The zero-order chi connectivity index (χ0) is 21.2. The second kappa shape index (κ2) is 8.19. The Morgan fingerprint density at radius 3 is 2.45 bits per heavy atom. The van der Waals surface area contributed by atoms with E-state index in [1.165, 1.54) is 50.4 Å². The van der Waals surface area contributed by atoms with E-state index in [9.17, 15) is 18.0 Å². The summed E-state index contributed by atoms with van der Waals surface area (Å²) in [6.07, 6.45) is -0.853. The Kier molecular flexibility index (Phi) is 5.87. The lowest BCUT2D eigenvalue weighted by Gasteiger charge is -2.34. The number of para-hydroxylation sites is 2. The first-order valence-electron chi connectivity index (χ1n) is 8.72.